The third-order valence-electron chi connectivity index (χ3n) is 3.69. The van der Waals surface area contributed by atoms with Gasteiger partial charge in [0, 0.05) is 10.6 Å². The summed E-state index contributed by atoms with van der Waals surface area (Å²) in [5.41, 5.74) is 3.25. The SMILES string of the molecule is CCCc1ccc([C@H](C)NC(=O)Nc2cccc(SC)c2)cc1. The number of benzene rings is 2. The molecule has 0 aliphatic carbocycles. The van der Waals surface area contributed by atoms with Gasteiger partial charge in [-0.2, -0.15) is 0 Å². The van der Waals surface area contributed by atoms with Crippen molar-refractivity contribution in [3.05, 3.63) is 59.7 Å². The van der Waals surface area contributed by atoms with E-state index in [4.69, 9.17) is 0 Å². The van der Waals surface area contributed by atoms with E-state index in [0.717, 1.165) is 29.0 Å². The number of anilines is 1. The van der Waals surface area contributed by atoms with E-state index in [1.54, 1.807) is 11.8 Å². The van der Waals surface area contributed by atoms with Crippen LogP contribution in [0.15, 0.2) is 53.4 Å². The molecule has 23 heavy (non-hydrogen) atoms. The van der Waals surface area contributed by atoms with Gasteiger partial charge < -0.3 is 10.6 Å². The zero-order valence-electron chi connectivity index (χ0n) is 13.9. The van der Waals surface area contributed by atoms with Crippen molar-refractivity contribution in [3.8, 4) is 0 Å². The maximum absolute atomic E-state index is 12.1. The molecule has 2 aromatic rings. The smallest absolute Gasteiger partial charge is 0.319 e. The Hall–Kier alpha value is -1.94. The third kappa shape index (κ3) is 5.32. The predicted molar refractivity (Wildman–Crippen MR) is 99.2 cm³/mol. The molecule has 122 valence electrons. The second-order valence-electron chi connectivity index (χ2n) is 5.54. The van der Waals surface area contributed by atoms with E-state index < -0.39 is 0 Å². The highest BCUT2D eigenvalue weighted by molar-refractivity contribution is 7.98. The fraction of sp³-hybridized carbons (Fsp3) is 0.316. The van der Waals surface area contributed by atoms with Gasteiger partial charge in [0.15, 0.2) is 0 Å². The van der Waals surface area contributed by atoms with Gasteiger partial charge in [-0.3, -0.25) is 0 Å². The lowest BCUT2D eigenvalue weighted by Crippen LogP contribution is -2.31. The number of carbonyl (C=O) groups excluding carboxylic acids is 1. The molecular weight excluding hydrogens is 304 g/mol. The van der Waals surface area contributed by atoms with E-state index in [0.29, 0.717) is 0 Å². The number of aryl methyl sites for hydroxylation is 1. The summed E-state index contributed by atoms with van der Waals surface area (Å²) in [6.45, 7) is 4.17. The largest absolute Gasteiger partial charge is 0.331 e. The highest BCUT2D eigenvalue weighted by Gasteiger charge is 2.09. The van der Waals surface area contributed by atoms with E-state index in [1.165, 1.54) is 5.56 Å². The Bertz CT molecular complexity index is 640. The Labute approximate surface area is 142 Å². The molecule has 1 atom stereocenters. The summed E-state index contributed by atoms with van der Waals surface area (Å²) in [5, 5.41) is 5.86. The maximum Gasteiger partial charge on any atom is 0.319 e. The molecule has 0 heterocycles. The Morgan fingerprint density at radius 2 is 1.91 bits per heavy atom. The lowest BCUT2D eigenvalue weighted by molar-refractivity contribution is 0.249. The highest BCUT2D eigenvalue weighted by Crippen LogP contribution is 2.19. The second kappa shape index (κ2) is 8.63. The third-order valence-corrected chi connectivity index (χ3v) is 4.42. The van der Waals surface area contributed by atoms with Crippen LogP contribution >= 0.6 is 11.8 Å². The van der Waals surface area contributed by atoms with Crippen molar-refractivity contribution in [2.45, 2.75) is 37.6 Å². The van der Waals surface area contributed by atoms with Crippen molar-refractivity contribution in [2.24, 2.45) is 0 Å². The van der Waals surface area contributed by atoms with Crippen LogP contribution in [-0.4, -0.2) is 12.3 Å². The minimum absolute atomic E-state index is 0.0330. The van der Waals surface area contributed by atoms with Crippen molar-refractivity contribution in [2.75, 3.05) is 11.6 Å². The molecule has 0 spiro atoms. The summed E-state index contributed by atoms with van der Waals surface area (Å²) in [5.74, 6) is 0. The first kappa shape index (κ1) is 17.4. The normalized spacial score (nSPS) is 11.8. The van der Waals surface area contributed by atoms with Crippen molar-refractivity contribution in [1.29, 1.82) is 0 Å². The molecule has 4 heteroatoms. The van der Waals surface area contributed by atoms with E-state index in [1.807, 2.05) is 37.4 Å². The molecule has 2 aromatic carbocycles. The monoisotopic (exact) mass is 328 g/mol. The van der Waals surface area contributed by atoms with Gasteiger partial charge in [0.1, 0.15) is 0 Å². The Kier molecular flexibility index (Phi) is 6.53. The number of amides is 2. The first-order valence-electron chi connectivity index (χ1n) is 7.92. The molecule has 0 unspecified atom stereocenters. The van der Waals surface area contributed by atoms with Crippen LogP contribution in [-0.2, 0) is 6.42 Å². The highest BCUT2D eigenvalue weighted by atomic mass is 32.2. The summed E-state index contributed by atoms with van der Waals surface area (Å²) in [6, 6.07) is 16.1. The quantitative estimate of drug-likeness (QED) is 0.712. The molecule has 2 N–H and O–H groups in total. The van der Waals surface area contributed by atoms with Crippen LogP contribution in [0.3, 0.4) is 0 Å². The van der Waals surface area contributed by atoms with Crippen molar-refractivity contribution < 1.29 is 4.79 Å². The van der Waals surface area contributed by atoms with E-state index in [9.17, 15) is 4.79 Å². The maximum atomic E-state index is 12.1. The zero-order chi connectivity index (χ0) is 16.7. The van der Waals surface area contributed by atoms with Gasteiger partial charge in [0.25, 0.3) is 0 Å². The number of hydrogen-bond donors (Lipinski definition) is 2. The summed E-state index contributed by atoms with van der Waals surface area (Å²) in [6.07, 6.45) is 4.25. The second-order valence-corrected chi connectivity index (χ2v) is 6.42. The summed E-state index contributed by atoms with van der Waals surface area (Å²) in [4.78, 5) is 13.3. The molecule has 2 amide bonds. The molecule has 0 bridgehead atoms. The van der Waals surface area contributed by atoms with Crippen molar-refractivity contribution in [1.82, 2.24) is 5.32 Å². The van der Waals surface area contributed by atoms with E-state index in [-0.39, 0.29) is 12.1 Å². The number of thioether (sulfide) groups is 1. The van der Waals surface area contributed by atoms with Gasteiger partial charge in [-0.1, -0.05) is 43.7 Å². The van der Waals surface area contributed by atoms with E-state index in [2.05, 4.69) is 41.8 Å². The average molecular weight is 328 g/mol. The van der Waals surface area contributed by atoms with Crippen LogP contribution in [0.4, 0.5) is 10.5 Å². The number of urea groups is 1. The summed E-state index contributed by atoms with van der Waals surface area (Å²) in [7, 11) is 0. The number of nitrogens with one attached hydrogen (secondary N) is 2. The molecular formula is C19H24N2OS. The van der Waals surface area contributed by atoms with Crippen LogP contribution in [0.1, 0.15) is 37.4 Å². The topological polar surface area (TPSA) is 41.1 Å². The molecule has 0 radical (unpaired) electrons. The Morgan fingerprint density at radius 3 is 2.57 bits per heavy atom. The fourth-order valence-electron chi connectivity index (χ4n) is 2.41. The van der Waals surface area contributed by atoms with Gasteiger partial charge >= 0.3 is 6.03 Å². The molecule has 0 aliphatic heterocycles. The van der Waals surface area contributed by atoms with Gasteiger partial charge in [-0.15, -0.1) is 11.8 Å². The molecule has 0 saturated carbocycles. The lowest BCUT2D eigenvalue weighted by Gasteiger charge is -2.16. The summed E-state index contributed by atoms with van der Waals surface area (Å²) < 4.78 is 0. The standard InChI is InChI=1S/C19H24N2OS/c1-4-6-15-9-11-16(12-10-15)14(2)20-19(22)21-17-7-5-8-18(13-17)23-3/h5,7-14H,4,6H2,1-3H3,(H2,20,21,22)/t14-/m0/s1. The number of carbonyl (C=O) groups is 1. The predicted octanol–water partition coefficient (Wildman–Crippen LogP) is 5.24. The molecule has 3 nitrogen and oxygen atoms in total. The van der Waals surface area contributed by atoms with Crippen LogP contribution in [0.5, 0.6) is 0 Å². The lowest BCUT2D eigenvalue weighted by atomic mass is 10.0. The average Bonchev–Trinajstić information content (AvgIpc) is 2.55. The first-order chi connectivity index (χ1) is 11.1. The van der Waals surface area contributed by atoms with E-state index >= 15 is 0 Å². The van der Waals surface area contributed by atoms with Gasteiger partial charge in [-0.05, 0) is 48.9 Å². The Balaban J connectivity index is 1.93. The van der Waals surface area contributed by atoms with Crippen LogP contribution in [0.2, 0.25) is 0 Å². The molecule has 0 fully saturated rings. The van der Waals surface area contributed by atoms with Gasteiger partial charge in [0.05, 0.1) is 6.04 Å². The summed E-state index contributed by atoms with van der Waals surface area (Å²) >= 11 is 1.65. The first-order valence-corrected chi connectivity index (χ1v) is 9.15. The van der Waals surface area contributed by atoms with Gasteiger partial charge in [-0.25, -0.2) is 4.79 Å². The molecule has 0 aromatic heterocycles. The molecule has 0 aliphatic rings. The minimum atomic E-state index is -0.187. The molecule has 0 saturated heterocycles. The number of hydrogen-bond acceptors (Lipinski definition) is 2. The number of rotatable bonds is 6. The minimum Gasteiger partial charge on any atom is -0.331 e. The van der Waals surface area contributed by atoms with Gasteiger partial charge in [0.2, 0.25) is 0 Å². The van der Waals surface area contributed by atoms with Crippen LogP contribution in [0, 0.1) is 0 Å². The van der Waals surface area contributed by atoms with Crippen molar-refractivity contribution in [3.63, 3.8) is 0 Å². The fourth-order valence-corrected chi connectivity index (χ4v) is 2.87. The molecule has 2 rings (SSSR count). The van der Waals surface area contributed by atoms with Crippen LogP contribution in [0.25, 0.3) is 0 Å². The van der Waals surface area contributed by atoms with Crippen molar-refractivity contribution >= 4 is 23.5 Å². The zero-order valence-corrected chi connectivity index (χ0v) is 14.7. The van der Waals surface area contributed by atoms with Crippen LogP contribution < -0.4 is 10.6 Å². The Morgan fingerprint density at radius 1 is 1.17 bits per heavy atom.